The van der Waals surface area contributed by atoms with E-state index in [-0.39, 0.29) is 0 Å². The molecule has 0 atom stereocenters. The van der Waals surface area contributed by atoms with Gasteiger partial charge in [0.05, 0.1) is 55.2 Å². The number of nitrogens with zero attached hydrogens (tertiary/aromatic N) is 3. The Bertz CT molecular complexity index is 4550. The van der Waals surface area contributed by atoms with Crippen molar-refractivity contribution in [1.82, 2.24) is 18.2 Å². The van der Waals surface area contributed by atoms with Gasteiger partial charge in [0.1, 0.15) is 0 Å². The zero-order chi connectivity index (χ0) is 38.0. The van der Waals surface area contributed by atoms with Gasteiger partial charge in [0.2, 0.25) is 0 Å². The van der Waals surface area contributed by atoms with Crippen molar-refractivity contribution in [2.75, 3.05) is 0 Å². The number of hydrogen-bond acceptors (Lipinski definition) is 0. The Hall–Kier alpha value is -7.82. The molecule has 0 spiro atoms. The van der Waals surface area contributed by atoms with Gasteiger partial charge in [0.25, 0.3) is 0 Å². The summed E-state index contributed by atoms with van der Waals surface area (Å²) in [6.45, 7) is 2.27. The van der Waals surface area contributed by atoms with Crippen LogP contribution in [-0.4, -0.2) is 18.2 Å². The van der Waals surface area contributed by atoms with Gasteiger partial charge in [0, 0.05) is 86.5 Å². The maximum absolute atomic E-state index is 3.76. The summed E-state index contributed by atoms with van der Waals surface area (Å²) in [7, 11) is 0. The van der Waals surface area contributed by atoms with Crippen LogP contribution in [0.4, 0.5) is 0 Å². The van der Waals surface area contributed by atoms with Crippen molar-refractivity contribution >= 4 is 136 Å². The Morgan fingerprint density at radius 3 is 1.39 bits per heavy atom. The molecule has 270 valence electrons. The second kappa shape index (κ2) is 9.64. The first kappa shape index (κ1) is 29.4. The van der Waals surface area contributed by atoms with Gasteiger partial charge in [0.15, 0.2) is 0 Å². The molecule has 7 heterocycles. The van der Waals surface area contributed by atoms with Crippen molar-refractivity contribution in [2.45, 2.75) is 6.92 Å². The molecule has 0 saturated heterocycles. The Balaban J connectivity index is 1.01. The number of aromatic amines is 1. The maximum atomic E-state index is 3.76. The van der Waals surface area contributed by atoms with Crippen LogP contribution >= 0.6 is 0 Å². The van der Waals surface area contributed by atoms with Crippen LogP contribution in [0.15, 0.2) is 158 Å². The highest BCUT2D eigenvalue weighted by Gasteiger charge is 2.25. The third-order valence-electron chi connectivity index (χ3n) is 14.3. The molecule has 0 aliphatic rings. The second-order valence-corrected chi connectivity index (χ2v) is 17.0. The molecule has 9 aromatic carbocycles. The van der Waals surface area contributed by atoms with Crippen LogP contribution in [0, 0.1) is 6.92 Å². The summed E-state index contributed by atoms with van der Waals surface area (Å²) in [5.41, 5.74) is 17.7. The monoisotopic (exact) mass is 746 g/mol. The highest BCUT2D eigenvalue weighted by Crippen LogP contribution is 2.48. The quantitative estimate of drug-likeness (QED) is 0.173. The third-order valence-corrected chi connectivity index (χ3v) is 14.3. The van der Waals surface area contributed by atoms with Gasteiger partial charge in [-0.15, -0.1) is 0 Å². The number of nitrogens with one attached hydrogen (secondary N) is 1. The molecule has 16 rings (SSSR count). The molecule has 0 radical (unpaired) electrons. The van der Waals surface area contributed by atoms with E-state index in [0.717, 1.165) is 0 Å². The Kier molecular flexibility index (Phi) is 4.81. The smallest absolute Gasteiger partial charge is 0.0620 e. The van der Waals surface area contributed by atoms with Gasteiger partial charge in [-0.05, 0) is 66.6 Å². The van der Waals surface area contributed by atoms with Crippen LogP contribution in [0.5, 0.6) is 0 Å². The molecule has 0 aliphatic carbocycles. The fourth-order valence-corrected chi connectivity index (χ4v) is 11.9. The van der Waals surface area contributed by atoms with E-state index in [1.54, 1.807) is 0 Å². The number of para-hydroxylation sites is 6. The van der Waals surface area contributed by atoms with E-state index in [0.29, 0.717) is 0 Å². The van der Waals surface area contributed by atoms with Gasteiger partial charge in [-0.1, -0.05) is 109 Å². The molecular formula is C55H30N4. The summed E-state index contributed by atoms with van der Waals surface area (Å²) in [5, 5.41) is 18.2. The van der Waals surface area contributed by atoms with Crippen LogP contribution in [0.3, 0.4) is 0 Å². The van der Waals surface area contributed by atoms with E-state index < -0.39 is 0 Å². The fourth-order valence-electron chi connectivity index (χ4n) is 11.9. The average molecular weight is 747 g/mol. The lowest BCUT2D eigenvalue weighted by Crippen LogP contribution is -1.88. The molecule has 0 fully saturated rings. The summed E-state index contributed by atoms with van der Waals surface area (Å²) in [4.78, 5) is 3.76. The minimum atomic E-state index is 1.18. The summed E-state index contributed by atoms with van der Waals surface area (Å²) in [6.07, 6.45) is 0. The summed E-state index contributed by atoms with van der Waals surface area (Å²) < 4.78 is 7.62. The van der Waals surface area contributed by atoms with E-state index in [9.17, 15) is 0 Å². The standard InChI is InChI=1S/C55H30N4/c1-28-22-47-40(23-39(28)32-13-6-12-31-29-10-2-4-20-45(29)56-52(31)32)34-16-8-18-37-43-26-49-44(25-48(43)58(47)54(34)37)38-19-9-17-36-42-24-41-35-15-7-14-33-30-11-3-5-21-46(30)57(53(33)35)50(41)27-51(42)59(49)55(36)38/h2-27,56H,1H3. The van der Waals surface area contributed by atoms with Gasteiger partial charge >= 0.3 is 0 Å². The average Bonchev–Trinajstić information content (AvgIpc) is 4.14. The Morgan fingerprint density at radius 1 is 0.305 bits per heavy atom. The highest BCUT2D eigenvalue weighted by atomic mass is 15.0. The predicted octanol–water partition coefficient (Wildman–Crippen LogP) is 14.7. The lowest BCUT2D eigenvalue weighted by Gasteiger charge is -2.10. The third kappa shape index (κ3) is 3.22. The van der Waals surface area contributed by atoms with Crippen molar-refractivity contribution in [1.29, 1.82) is 0 Å². The molecule has 4 nitrogen and oxygen atoms in total. The van der Waals surface area contributed by atoms with Crippen LogP contribution in [0.1, 0.15) is 5.56 Å². The fraction of sp³-hybridized carbons (Fsp3) is 0.0182. The predicted molar refractivity (Wildman–Crippen MR) is 250 cm³/mol. The van der Waals surface area contributed by atoms with Crippen LogP contribution in [0.2, 0.25) is 0 Å². The number of rotatable bonds is 1. The van der Waals surface area contributed by atoms with Gasteiger partial charge in [-0.2, -0.15) is 0 Å². The molecule has 0 aliphatic heterocycles. The molecule has 1 N–H and O–H groups in total. The molecule has 59 heavy (non-hydrogen) atoms. The second-order valence-electron chi connectivity index (χ2n) is 17.0. The zero-order valence-electron chi connectivity index (χ0n) is 31.9. The van der Waals surface area contributed by atoms with Crippen molar-refractivity contribution in [3.8, 4) is 11.1 Å². The number of H-pyrrole nitrogens is 1. The number of aryl methyl sites for hydroxylation is 1. The number of aromatic nitrogens is 4. The molecule has 0 unspecified atom stereocenters. The number of benzene rings is 9. The highest BCUT2D eigenvalue weighted by molar-refractivity contribution is 6.31. The molecular weight excluding hydrogens is 717 g/mol. The normalized spacial score (nSPS) is 13.2. The van der Waals surface area contributed by atoms with E-state index in [1.807, 2.05) is 0 Å². The van der Waals surface area contributed by atoms with Crippen molar-refractivity contribution < 1.29 is 0 Å². The van der Waals surface area contributed by atoms with Crippen molar-refractivity contribution in [3.63, 3.8) is 0 Å². The van der Waals surface area contributed by atoms with E-state index in [2.05, 4.69) is 183 Å². The van der Waals surface area contributed by atoms with Crippen LogP contribution in [0.25, 0.3) is 147 Å². The number of hydrogen-bond donors (Lipinski definition) is 1. The van der Waals surface area contributed by atoms with Crippen molar-refractivity contribution in [2.24, 2.45) is 0 Å². The minimum absolute atomic E-state index is 1.18. The SMILES string of the molecule is Cc1cc2c(cc1-c1cccc3c1[nH]c1ccccc13)c1cccc3c4cc5c(cc4n2c13)c1cccc2c3cc4c6cccc7c8ccccc8n(c4cc3n5c12)c76. The Morgan fingerprint density at radius 2 is 0.746 bits per heavy atom. The first-order valence-corrected chi connectivity index (χ1v) is 20.6. The molecule has 0 bridgehead atoms. The lowest BCUT2D eigenvalue weighted by atomic mass is 9.95. The zero-order valence-corrected chi connectivity index (χ0v) is 31.9. The lowest BCUT2D eigenvalue weighted by molar-refractivity contribution is 1.35. The first-order valence-electron chi connectivity index (χ1n) is 20.6. The summed E-state index contributed by atoms with van der Waals surface area (Å²) in [5.74, 6) is 0. The molecule has 16 aromatic rings. The molecule has 4 heteroatoms. The molecule has 0 amide bonds. The minimum Gasteiger partial charge on any atom is -0.354 e. The molecule has 7 aromatic heterocycles. The van der Waals surface area contributed by atoms with Gasteiger partial charge in [-0.25, -0.2) is 0 Å². The Labute approximate surface area is 334 Å². The largest absolute Gasteiger partial charge is 0.354 e. The summed E-state index contributed by atoms with van der Waals surface area (Å²) in [6, 6.07) is 59.6. The van der Waals surface area contributed by atoms with E-state index >= 15 is 0 Å². The first-order chi connectivity index (χ1) is 29.2. The summed E-state index contributed by atoms with van der Waals surface area (Å²) >= 11 is 0. The maximum Gasteiger partial charge on any atom is 0.0620 e. The van der Waals surface area contributed by atoms with Gasteiger partial charge in [-0.3, -0.25) is 0 Å². The van der Waals surface area contributed by atoms with E-state index in [4.69, 9.17) is 0 Å². The van der Waals surface area contributed by atoms with E-state index in [1.165, 1.54) is 153 Å². The van der Waals surface area contributed by atoms with Crippen LogP contribution < -0.4 is 0 Å². The van der Waals surface area contributed by atoms with Crippen LogP contribution in [-0.2, 0) is 0 Å². The topological polar surface area (TPSA) is 29.0 Å². The van der Waals surface area contributed by atoms with Crippen molar-refractivity contribution in [3.05, 3.63) is 163 Å². The number of fused-ring (bicyclic) bond motifs is 21. The van der Waals surface area contributed by atoms with Gasteiger partial charge < -0.3 is 18.2 Å². The molecule has 0 saturated carbocycles.